The summed E-state index contributed by atoms with van der Waals surface area (Å²) in [5, 5.41) is 0. The Morgan fingerprint density at radius 1 is 1.42 bits per heavy atom. The van der Waals surface area contributed by atoms with Crippen molar-refractivity contribution in [3.8, 4) is 0 Å². The summed E-state index contributed by atoms with van der Waals surface area (Å²) >= 11 is 1.70. The second-order valence-corrected chi connectivity index (χ2v) is 6.96. The largest absolute Gasteiger partial charge is 0.381 e. The molecule has 0 N–H and O–H groups in total. The fourth-order valence-electron chi connectivity index (χ4n) is 2.67. The molecular weight excluding hydrogens is 258 g/mol. The van der Waals surface area contributed by atoms with Gasteiger partial charge in [-0.1, -0.05) is 0 Å². The molecule has 0 atom stereocenters. The molecule has 4 heteroatoms. The average molecular weight is 281 g/mol. The van der Waals surface area contributed by atoms with E-state index in [4.69, 9.17) is 4.74 Å². The second-order valence-electron chi connectivity index (χ2n) is 5.50. The molecule has 0 bridgehead atoms. The van der Waals surface area contributed by atoms with Crippen molar-refractivity contribution in [2.24, 2.45) is 5.92 Å². The van der Waals surface area contributed by atoms with Gasteiger partial charge in [0, 0.05) is 35.1 Å². The van der Waals surface area contributed by atoms with Crippen molar-refractivity contribution in [1.82, 2.24) is 4.90 Å². The van der Waals surface area contributed by atoms with Gasteiger partial charge in [0.05, 0.1) is 6.54 Å². The highest BCUT2D eigenvalue weighted by atomic mass is 32.1. The predicted octanol–water partition coefficient (Wildman–Crippen LogP) is 2.91. The lowest BCUT2D eigenvalue weighted by Crippen LogP contribution is -2.33. The maximum absolute atomic E-state index is 12.3. The third-order valence-corrected chi connectivity index (χ3v) is 4.63. The van der Waals surface area contributed by atoms with Crippen LogP contribution in [0, 0.1) is 19.8 Å². The van der Waals surface area contributed by atoms with Gasteiger partial charge in [0.25, 0.3) is 0 Å². The number of likely N-dealkylation sites (N-methyl/N-ethyl adjacent to an activating group) is 1. The molecule has 0 aromatic carbocycles. The van der Waals surface area contributed by atoms with Crippen molar-refractivity contribution in [3.05, 3.63) is 21.4 Å². The number of aryl methyl sites for hydroxylation is 2. The Labute approximate surface area is 119 Å². The van der Waals surface area contributed by atoms with E-state index >= 15 is 0 Å². The van der Waals surface area contributed by atoms with E-state index in [2.05, 4.69) is 11.8 Å². The lowest BCUT2D eigenvalue weighted by molar-refractivity contribution is 0.0549. The normalized spacial score (nSPS) is 17.1. The minimum absolute atomic E-state index is 0.247. The van der Waals surface area contributed by atoms with Gasteiger partial charge in [0.1, 0.15) is 0 Å². The zero-order valence-electron chi connectivity index (χ0n) is 12.1. The van der Waals surface area contributed by atoms with Crippen LogP contribution in [0.5, 0.6) is 0 Å². The molecule has 1 aromatic rings. The van der Waals surface area contributed by atoms with E-state index in [1.807, 2.05) is 20.0 Å². The standard InChI is InChI=1S/C15H23NO2S/c1-11-8-14(12(2)19-11)15(17)10-16(3)9-13-4-6-18-7-5-13/h8,13H,4-7,9-10H2,1-3H3. The topological polar surface area (TPSA) is 29.5 Å². The highest BCUT2D eigenvalue weighted by Gasteiger charge is 2.18. The number of rotatable bonds is 5. The monoisotopic (exact) mass is 281 g/mol. The molecule has 2 heterocycles. The van der Waals surface area contributed by atoms with Crippen molar-refractivity contribution in [2.75, 3.05) is 33.4 Å². The highest BCUT2D eigenvalue weighted by molar-refractivity contribution is 7.12. The van der Waals surface area contributed by atoms with Crippen LogP contribution in [0.2, 0.25) is 0 Å². The van der Waals surface area contributed by atoms with E-state index in [1.165, 1.54) is 4.88 Å². The average Bonchev–Trinajstić information content (AvgIpc) is 2.69. The number of ketones is 1. The summed E-state index contributed by atoms with van der Waals surface area (Å²) < 4.78 is 5.37. The van der Waals surface area contributed by atoms with Crippen LogP contribution in [0.4, 0.5) is 0 Å². The van der Waals surface area contributed by atoms with Crippen LogP contribution in [0.3, 0.4) is 0 Å². The van der Waals surface area contributed by atoms with Crippen LogP contribution in [0.25, 0.3) is 0 Å². The molecule has 0 saturated carbocycles. The van der Waals surface area contributed by atoms with Gasteiger partial charge < -0.3 is 4.74 Å². The molecule has 1 fully saturated rings. The smallest absolute Gasteiger partial charge is 0.177 e. The van der Waals surface area contributed by atoms with E-state index in [9.17, 15) is 4.79 Å². The molecule has 0 spiro atoms. The molecule has 2 rings (SSSR count). The number of thiophene rings is 1. The fraction of sp³-hybridized carbons (Fsp3) is 0.667. The molecule has 0 amide bonds. The van der Waals surface area contributed by atoms with Gasteiger partial charge in [-0.25, -0.2) is 0 Å². The molecule has 106 valence electrons. The van der Waals surface area contributed by atoms with Gasteiger partial charge in [-0.2, -0.15) is 0 Å². The van der Waals surface area contributed by atoms with Gasteiger partial charge in [0.15, 0.2) is 5.78 Å². The summed E-state index contributed by atoms with van der Waals surface area (Å²) in [5.41, 5.74) is 0.904. The zero-order chi connectivity index (χ0) is 13.8. The lowest BCUT2D eigenvalue weighted by Gasteiger charge is -2.26. The Balaban J connectivity index is 1.86. The van der Waals surface area contributed by atoms with Gasteiger partial charge in [0.2, 0.25) is 0 Å². The predicted molar refractivity (Wildman–Crippen MR) is 79.2 cm³/mol. The summed E-state index contributed by atoms with van der Waals surface area (Å²) in [6, 6.07) is 2.02. The Kier molecular flexibility index (Phi) is 5.13. The summed E-state index contributed by atoms with van der Waals surface area (Å²) in [7, 11) is 2.04. The summed E-state index contributed by atoms with van der Waals surface area (Å²) in [4.78, 5) is 16.8. The van der Waals surface area contributed by atoms with Crippen LogP contribution in [-0.4, -0.2) is 44.0 Å². The summed E-state index contributed by atoms with van der Waals surface area (Å²) in [6.07, 6.45) is 2.24. The van der Waals surface area contributed by atoms with Crippen LogP contribution < -0.4 is 0 Å². The van der Waals surface area contributed by atoms with Crippen molar-refractivity contribution in [3.63, 3.8) is 0 Å². The van der Waals surface area contributed by atoms with Gasteiger partial charge in [-0.15, -0.1) is 11.3 Å². The minimum atomic E-state index is 0.247. The first-order valence-corrected chi connectivity index (χ1v) is 7.74. The van der Waals surface area contributed by atoms with E-state index < -0.39 is 0 Å². The van der Waals surface area contributed by atoms with Crippen LogP contribution in [-0.2, 0) is 4.74 Å². The lowest BCUT2D eigenvalue weighted by atomic mass is 9.99. The minimum Gasteiger partial charge on any atom is -0.381 e. The highest BCUT2D eigenvalue weighted by Crippen LogP contribution is 2.21. The molecule has 1 saturated heterocycles. The van der Waals surface area contributed by atoms with Gasteiger partial charge in [-0.3, -0.25) is 9.69 Å². The zero-order valence-corrected chi connectivity index (χ0v) is 12.9. The molecule has 0 radical (unpaired) electrons. The van der Waals surface area contributed by atoms with Gasteiger partial charge >= 0.3 is 0 Å². The van der Waals surface area contributed by atoms with E-state index in [0.717, 1.165) is 43.0 Å². The molecule has 1 aliphatic rings. The Hall–Kier alpha value is -0.710. The van der Waals surface area contributed by atoms with Crippen molar-refractivity contribution >= 4 is 17.1 Å². The molecular formula is C15H23NO2S. The van der Waals surface area contributed by atoms with E-state index in [-0.39, 0.29) is 5.78 Å². The Morgan fingerprint density at radius 3 is 2.68 bits per heavy atom. The number of hydrogen-bond acceptors (Lipinski definition) is 4. The molecule has 1 aliphatic heterocycles. The van der Waals surface area contributed by atoms with Crippen molar-refractivity contribution in [2.45, 2.75) is 26.7 Å². The maximum Gasteiger partial charge on any atom is 0.177 e. The SMILES string of the molecule is Cc1cc(C(=O)CN(C)CC2CCOCC2)c(C)s1. The number of nitrogens with zero attached hydrogens (tertiary/aromatic N) is 1. The Morgan fingerprint density at radius 2 is 2.11 bits per heavy atom. The van der Waals surface area contributed by atoms with E-state index in [0.29, 0.717) is 12.5 Å². The molecule has 19 heavy (non-hydrogen) atoms. The molecule has 0 aliphatic carbocycles. The third-order valence-electron chi connectivity index (χ3n) is 3.67. The number of hydrogen-bond donors (Lipinski definition) is 0. The maximum atomic E-state index is 12.3. The quantitative estimate of drug-likeness (QED) is 0.777. The van der Waals surface area contributed by atoms with Gasteiger partial charge in [-0.05, 0) is 45.7 Å². The molecule has 0 unspecified atom stereocenters. The summed E-state index contributed by atoms with van der Waals surface area (Å²) in [6.45, 7) is 7.35. The third kappa shape index (κ3) is 4.13. The number of carbonyl (C=O) groups is 1. The van der Waals surface area contributed by atoms with Crippen molar-refractivity contribution in [1.29, 1.82) is 0 Å². The number of carbonyl (C=O) groups excluding carboxylic acids is 1. The Bertz CT molecular complexity index is 435. The fourth-order valence-corrected chi connectivity index (χ4v) is 3.61. The summed E-state index contributed by atoms with van der Waals surface area (Å²) in [5.74, 6) is 0.924. The van der Waals surface area contributed by atoms with Crippen LogP contribution in [0.1, 0.15) is 33.0 Å². The van der Waals surface area contributed by atoms with Crippen LogP contribution in [0.15, 0.2) is 6.07 Å². The van der Waals surface area contributed by atoms with E-state index in [1.54, 1.807) is 11.3 Å². The first-order chi connectivity index (χ1) is 9.06. The second kappa shape index (κ2) is 6.64. The molecule has 3 nitrogen and oxygen atoms in total. The first kappa shape index (κ1) is 14.7. The van der Waals surface area contributed by atoms with Crippen LogP contribution >= 0.6 is 11.3 Å². The number of ether oxygens (including phenoxy) is 1. The van der Waals surface area contributed by atoms with Crippen molar-refractivity contribution < 1.29 is 9.53 Å². The molecule has 1 aromatic heterocycles. The first-order valence-electron chi connectivity index (χ1n) is 6.93. The number of Topliss-reactive ketones (excluding diaryl/α,β-unsaturated/α-hetero) is 1.